The highest BCUT2D eigenvalue weighted by molar-refractivity contribution is 4.81. The zero-order valence-corrected chi connectivity index (χ0v) is 8.31. The summed E-state index contributed by atoms with van der Waals surface area (Å²) in [4.78, 5) is 0. The molecule has 2 nitrogen and oxygen atoms in total. The molecule has 0 saturated carbocycles. The van der Waals surface area contributed by atoms with Crippen LogP contribution in [0.15, 0.2) is 0 Å². The molecule has 2 N–H and O–H groups in total. The Kier molecular flexibility index (Phi) is 4.04. The van der Waals surface area contributed by atoms with Gasteiger partial charge in [-0.05, 0) is 34.1 Å². The first-order chi connectivity index (χ1) is 4.88. The van der Waals surface area contributed by atoms with Gasteiger partial charge in [0.15, 0.2) is 0 Å². The first kappa shape index (κ1) is 10.9. The lowest BCUT2D eigenvalue weighted by Crippen LogP contribution is -2.47. The van der Waals surface area contributed by atoms with Gasteiger partial charge in [0.25, 0.3) is 0 Å². The van der Waals surface area contributed by atoms with Gasteiger partial charge in [0.2, 0.25) is 0 Å². The van der Waals surface area contributed by atoms with Crippen LogP contribution in [0.5, 0.6) is 0 Å². The monoisotopic (exact) mass is 159 g/mol. The van der Waals surface area contributed by atoms with Crippen LogP contribution in [-0.4, -0.2) is 22.8 Å². The van der Waals surface area contributed by atoms with E-state index < -0.39 is 5.60 Å². The van der Waals surface area contributed by atoms with Crippen molar-refractivity contribution in [1.82, 2.24) is 5.32 Å². The zero-order valence-electron chi connectivity index (χ0n) is 8.31. The van der Waals surface area contributed by atoms with Crippen LogP contribution in [0, 0.1) is 0 Å². The molecule has 0 amide bonds. The van der Waals surface area contributed by atoms with Crippen LogP contribution in [0.4, 0.5) is 0 Å². The van der Waals surface area contributed by atoms with Gasteiger partial charge in [-0.1, -0.05) is 6.92 Å². The summed E-state index contributed by atoms with van der Waals surface area (Å²) in [6.45, 7) is 9.92. The minimum absolute atomic E-state index is 0.150. The molecule has 0 heterocycles. The molecule has 11 heavy (non-hydrogen) atoms. The molecular weight excluding hydrogens is 138 g/mol. The highest BCUT2D eigenvalue weighted by Crippen LogP contribution is 2.08. The van der Waals surface area contributed by atoms with E-state index in [9.17, 15) is 5.11 Å². The zero-order chi connectivity index (χ0) is 9.07. The van der Waals surface area contributed by atoms with Crippen molar-refractivity contribution in [3.05, 3.63) is 0 Å². The van der Waals surface area contributed by atoms with Gasteiger partial charge in [0.05, 0.1) is 5.60 Å². The summed E-state index contributed by atoms with van der Waals surface area (Å²) in [5.41, 5.74) is -0.622. The van der Waals surface area contributed by atoms with E-state index in [0.717, 1.165) is 6.42 Å². The van der Waals surface area contributed by atoms with Crippen molar-refractivity contribution < 1.29 is 5.11 Å². The van der Waals surface area contributed by atoms with Crippen molar-refractivity contribution in [2.75, 3.05) is 0 Å². The van der Waals surface area contributed by atoms with Gasteiger partial charge in [-0.3, -0.25) is 0 Å². The fourth-order valence-electron chi connectivity index (χ4n) is 0.749. The minimum atomic E-state index is -0.622. The minimum Gasteiger partial charge on any atom is -0.389 e. The van der Waals surface area contributed by atoms with Crippen molar-refractivity contribution in [1.29, 1.82) is 0 Å². The lowest BCUT2D eigenvalue weighted by Gasteiger charge is -2.29. The first-order valence-corrected chi connectivity index (χ1v) is 4.36. The molecule has 0 spiro atoms. The molecular formula is C9H21NO. The number of rotatable bonds is 4. The van der Waals surface area contributed by atoms with Crippen molar-refractivity contribution in [3.63, 3.8) is 0 Å². The molecule has 0 aliphatic carbocycles. The standard InChI is InChI=1S/C9H21NO/c1-6-7(2)10-8(3)9(4,5)11/h7-8,10-11H,6H2,1-5H3. The Morgan fingerprint density at radius 3 is 2.09 bits per heavy atom. The van der Waals surface area contributed by atoms with Crippen LogP contribution in [0.1, 0.15) is 41.0 Å². The fourth-order valence-corrected chi connectivity index (χ4v) is 0.749. The molecule has 68 valence electrons. The van der Waals surface area contributed by atoms with Crippen molar-refractivity contribution >= 4 is 0 Å². The predicted molar refractivity (Wildman–Crippen MR) is 48.6 cm³/mol. The summed E-state index contributed by atoms with van der Waals surface area (Å²) in [6.07, 6.45) is 1.10. The topological polar surface area (TPSA) is 32.3 Å². The summed E-state index contributed by atoms with van der Waals surface area (Å²) in [6, 6.07) is 0.633. The van der Waals surface area contributed by atoms with Gasteiger partial charge < -0.3 is 10.4 Å². The van der Waals surface area contributed by atoms with Gasteiger partial charge in [-0.15, -0.1) is 0 Å². The third-order valence-electron chi connectivity index (χ3n) is 2.21. The average molecular weight is 159 g/mol. The molecule has 0 aromatic carbocycles. The molecule has 0 fully saturated rings. The van der Waals surface area contributed by atoms with E-state index in [1.165, 1.54) is 0 Å². The van der Waals surface area contributed by atoms with Gasteiger partial charge in [0, 0.05) is 12.1 Å². The quantitative estimate of drug-likeness (QED) is 0.652. The summed E-state index contributed by atoms with van der Waals surface area (Å²) in [7, 11) is 0. The molecule has 0 rings (SSSR count). The van der Waals surface area contributed by atoms with E-state index in [4.69, 9.17) is 0 Å². The predicted octanol–water partition coefficient (Wildman–Crippen LogP) is 1.53. The van der Waals surface area contributed by atoms with Crippen molar-refractivity contribution in [3.8, 4) is 0 Å². The summed E-state index contributed by atoms with van der Waals surface area (Å²) in [5.74, 6) is 0. The van der Waals surface area contributed by atoms with Crippen LogP contribution in [-0.2, 0) is 0 Å². The van der Waals surface area contributed by atoms with E-state index >= 15 is 0 Å². The summed E-state index contributed by atoms with van der Waals surface area (Å²) >= 11 is 0. The van der Waals surface area contributed by atoms with Gasteiger partial charge in [0.1, 0.15) is 0 Å². The molecule has 0 saturated heterocycles. The summed E-state index contributed by atoms with van der Waals surface area (Å²) in [5, 5.41) is 12.9. The number of nitrogens with one attached hydrogen (secondary N) is 1. The number of aliphatic hydroxyl groups is 1. The SMILES string of the molecule is CCC(C)NC(C)C(C)(C)O. The lowest BCUT2D eigenvalue weighted by molar-refractivity contribution is 0.0404. The highest BCUT2D eigenvalue weighted by atomic mass is 16.3. The second-order valence-electron chi connectivity index (χ2n) is 3.85. The van der Waals surface area contributed by atoms with Crippen molar-refractivity contribution in [2.24, 2.45) is 0 Å². The van der Waals surface area contributed by atoms with E-state index in [1.54, 1.807) is 0 Å². The Bertz CT molecular complexity index is 107. The third-order valence-corrected chi connectivity index (χ3v) is 2.21. The lowest BCUT2D eigenvalue weighted by atomic mass is 10.00. The molecule has 2 unspecified atom stereocenters. The Morgan fingerprint density at radius 2 is 1.82 bits per heavy atom. The second kappa shape index (κ2) is 4.07. The van der Waals surface area contributed by atoms with E-state index in [1.807, 2.05) is 20.8 Å². The van der Waals surface area contributed by atoms with Crippen LogP contribution in [0.25, 0.3) is 0 Å². The molecule has 0 aliphatic heterocycles. The largest absolute Gasteiger partial charge is 0.389 e. The highest BCUT2D eigenvalue weighted by Gasteiger charge is 2.22. The molecule has 0 aromatic rings. The molecule has 2 atom stereocenters. The number of hydrogen-bond donors (Lipinski definition) is 2. The van der Waals surface area contributed by atoms with Gasteiger partial charge in [-0.2, -0.15) is 0 Å². The van der Waals surface area contributed by atoms with Gasteiger partial charge >= 0.3 is 0 Å². The molecule has 0 bridgehead atoms. The van der Waals surface area contributed by atoms with Crippen LogP contribution >= 0.6 is 0 Å². The van der Waals surface area contributed by atoms with Gasteiger partial charge in [-0.25, -0.2) is 0 Å². The van der Waals surface area contributed by atoms with E-state index in [-0.39, 0.29) is 6.04 Å². The first-order valence-electron chi connectivity index (χ1n) is 4.36. The number of hydrogen-bond acceptors (Lipinski definition) is 2. The Morgan fingerprint density at radius 1 is 1.36 bits per heavy atom. The second-order valence-corrected chi connectivity index (χ2v) is 3.85. The van der Waals surface area contributed by atoms with E-state index in [0.29, 0.717) is 6.04 Å². The molecule has 2 heteroatoms. The Hall–Kier alpha value is -0.0800. The van der Waals surface area contributed by atoms with Crippen LogP contribution in [0.2, 0.25) is 0 Å². The van der Waals surface area contributed by atoms with E-state index in [2.05, 4.69) is 19.2 Å². The Labute approximate surface area is 70.0 Å². The summed E-state index contributed by atoms with van der Waals surface area (Å²) < 4.78 is 0. The third kappa shape index (κ3) is 4.38. The van der Waals surface area contributed by atoms with Crippen LogP contribution in [0.3, 0.4) is 0 Å². The molecule has 0 aliphatic rings. The smallest absolute Gasteiger partial charge is 0.0741 e. The Balaban J connectivity index is 3.77. The molecule has 0 aromatic heterocycles. The van der Waals surface area contributed by atoms with Crippen molar-refractivity contribution in [2.45, 2.75) is 58.7 Å². The fraction of sp³-hybridized carbons (Fsp3) is 1.00. The average Bonchev–Trinajstić information content (AvgIpc) is 1.85. The van der Waals surface area contributed by atoms with Crippen LogP contribution < -0.4 is 5.32 Å². The maximum absolute atomic E-state index is 9.57. The normalized spacial score (nSPS) is 18.0. The maximum atomic E-state index is 9.57. The maximum Gasteiger partial charge on any atom is 0.0741 e. The molecule has 0 radical (unpaired) electrons.